The van der Waals surface area contributed by atoms with Crippen molar-refractivity contribution in [2.45, 2.75) is 32.1 Å². The number of amides is 1. The Labute approximate surface area is 133 Å². The Kier molecular flexibility index (Phi) is 3.69. The fourth-order valence-corrected chi connectivity index (χ4v) is 4.54. The maximum Gasteiger partial charge on any atom is 0.226 e. The molecule has 1 saturated carbocycles. The summed E-state index contributed by atoms with van der Waals surface area (Å²) in [5.41, 5.74) is 1.78. The zero-order chi connectivity index (χ0) is 15.0. The molecule has 1 aromatic carbocycles. The lowest BCUT2D eigenvalue weighted by molar-refractivity contribution is -0.132. The molecule has 4 rings (SSSR count). The Morgan fingerprint density at radius 1 is 1.23 bits per heavy atom. The van der Waals surface area contributed by atoms with Crippen molar-refractivity contribution >= 4 is 5.91 Å². The number of hydrogen-bond donors (Lipinski definition) is 1. The first kappa shape index (κ1) is 14.3. The number of likely N-dealkylation sites (tertiary alicyclic amines) is 1. The van der Waals surface area contributed by atoms with E-state index in [2.05, 4.69) is 40.5 Å². The number of hydrogen-bond acceptors (Lipinski definition) is 2. The van der Waals surface area contributed by atoms with Crippen LogP contribution in [0.15, 0.2) is 30.3 Å². The van der Waals surface area contributed by atoms with Crippen LogP contribution in [0.2, 0.25) is 0 Å². The number of carbonyl (C=O) groups excluding carboxylic acids is 1. The van der Waals surface area contributed by atoms with E-state index in [9.17, 15) is 4.79 Å². The van der Waals surface area contributed by atoms with Gasteiger partial charge in [0.05, 0.1) is 0 Å². The number of nitrogens with zero attached hydrogens (tertiary/aromatic N) is 1. The monoisotopic (exact) mass is 298 g/mol. The molecule has 22 heavy (non-hydrogen) atoms. The maximum absolute atomic E-state index is 12.8. The zero-order valence-electron chi connectivity index (χ0n) is 13.3. The summed E-state index contributed by atoms with van der Waals surface area (Å²) < 4.78 is 0. The summed E-state index contributed by atoms with van der Waals surface area (Å²) in [6.45, 7) is 4.14. The van der Waals surface area contributed by atoms with E-state index < -0.39 is 0 Å². The van der Waals surface area contributed by atoms with Crippen molar-refractivity contribution in [3.05, 3.63) is 35.9 Å². The molecule has 0 bridgehead atoms. The van der Waals surface area contributed by atoms with E-state index in [0.29, 0.717) is 23.2 Å². The van der Waals surface area contributed by atoms with Crippen LogP contribution in [0.25, 0.3) is 0 Å². The van der Waals surface area contributed by atoms with Gasteiger partial charge in [0, 0.05) is 19.0 Å². The van der Waals surface area contributed by atoms with Crippen LogP contribution in [-0.2, 0) is 11.2 Å². The van der Waals surface area contributed by atoms with Crippen LogP contribution < -0.4 is 5.32 Å². The van der Waals surface area contributed by atoms with Crippen molar-refractivity contribution in [1.29, 1.82) is 0 Å². The van der Waals surface area contributed by atoms with Gasteiger partial charge >= 0.3 is 0 Å². The standard InChI is InChI=1S/C19H26N2O/c22-18(17-13-19(17)7-9-20-10-8-19)21-11-6-16(14-21)12-15-4-2-1-3-5-15/h1-5,16-17,20H,6-14H2. The normalized spacial score (nSPS) is 29.7. The predicted molar refractivity (Wildman–Crippen MR) is 87.5 cm³/mol. The third-order valence-electron chi connectivity index (χ3n) is 6.05. The molecular weight excluding hydrogens is 272 g/mol. The molecule has 0 radical (unpaired) electrons. The molecule has 3 heteroatoms. The first-order valence-electron chi connectivity index (χ1n) is 8.80. The summed E-state index contributed by atoms with van der Waals surface area (Å²) in [6, 6.07) is 10.7. The molecule has 2 saturated heterocycles. The van der Waals surface area contributed by atoms with Gasteiger partial charge in [0.1, 0.15) is 0 Å². The van der Waals surface area contributed by atoms with Gasteiger partial charge < -0.3 is 10.2 Å². The highest BCUT2D eigenvalue weighted by molar-refractivity contribution is 5.83. The minimum absolute atomic E-state index is 0.338. The number of rotatable bonds is 3. The molecule has 1 N–H and O–H groups in total. The van der Waals surface area contributed by atoms with Gasteiger partial charge in [-0.05, 0) is 62.1 Å². The summed E-state index contributed by atoms with van der Waals surface area (Å²) in [4.78, 5) is 14.9. The first-order chi connectivity index (χ1) is 10.8. The van der Waals surface area contributed by atoms with E-state index in [1.807, 2.05) is 0 Å². The third-order valence-corrected chi connectivity index (χ3v) is 6.05. The molecule has 1 spiro atoms. The van der Waals surface area contributed by atoms with E-state index >= 15 is 0 Å². The summed E-state index contributed by atoms with van der Waals surface area (Å²) in [5.74, 6) is 1.44. The Morgan fingerprint density at radius 3 is 2.77 bits per heavy atom. The number of benzene rings is 1. The zero-order valence-corrected chi connectivity index (χ0v) is 13.3. The van der Waals surface area contributed by atoms with Gasteiger partial charge in [0.15, 0.2) is 0 Å². The van der Waals surface area contributed by atoms with E-state index in [1.54, 1.807) is 0 Å². The average Bonchev–Trinajstić information content (AvgIpc) is 3.03. The summed E-state index contributed by atoms with van der Waals surface area (Å²) in [7, 11) is 0. The van der Waals surface area contributed by atoms with Crippen LogP contribution in [0.4, 0.5) is 0 Å². The molecule has 2 atom stereocenters. The van der Waals surface area contributed by atoms with E-state index in [1.165, 1.54) is 24.8 Å². The predicted octanol–water partition coefficient (Wildman–Crippen LogP) is 2.47. The van der Waals surface area contributed by atoms with Crippen molar-refractivity contribution < 1.29 is 4.79 Å². The molecule has 2 heterocycles. The van der Waals surface area contributed by atoms with Crippen molar-refractivity contribution in [1.82, 2.24) is 10.2 Å². The second-order valence-corrected chi connectivity index (χ2v) is 7.50. The molecular formula is C19H26N2O. The maximum atomic E-state index is 12.8. The molecule has 118 valence electrons. The second-order valence-electron chi connectivity index (χ2n) is 7.50. The molecule has 1 aromatic rings. The third kappa shape index (κ3) is 2.67. The molecule has 3 nitrogen and oxygen atoms in total. The summed E-state index contributed by atoms with van der Waals surface area (Å²) >= 11 is 0. The number of nitrogens with one attached hydrogen (secondary N) is 1. The first-order valence-corrected chi connectivity index (χ1v) is 8.80. The van der Waals surface area contributed by atoms with Gasteiger partial charge in [-0.25, -0.2) is 0 Å². The Hall–Kier alpha value is -1.35. The molecule has 2 unspecified atom stereocenters. The van der Waals surface area contributed by atoms with Gasteiger partial charge in [0.25, 0.3) is 0 Å². The van der Waals surface area contributed by atoms with Gasteiger partial charge in [-0.1, -0.05) is 30.3 Å². The van der Waals surface area contributed by atoms with Crippen molar-refractivity contribution in [3.8, 4) is 0 Å². The SMILES string of the molecule is O=C(C1CC12CCNCC2)N1CCC(Cc2ccccc2)C1. The van der Waals surface area contributed by atoms with Crippen LogP contribution in [0, 0.1) is 17.3 Å². The van der Waals surface area contributed by atoms with Crippen LogP contribution in [-0.4, -0.2) is 37.0 Å². The van der Waals surface area contributed by atoms with Crippen LogP contribution >= 0.6 is 0 Å². The average molecular weight is 298 g/mol. The fraction of sp³-hybridized carbons (Fsp3) is 0.632. The van der Waals surface area contributed by atoms with Gasteiger partial charge in [-0.15, -0.1) is 0 Å². The Morgan fingerprint density at radius 2 is 2.00 bits per heavy atom. The largest absolute Gasteiger partial charge is 0.342 e. The molecule has 2 aliphatic heterocycles. The lowest BCUT2D eigenvalue weighted by Gasteiger charge is -2.25. The highest BCUT2D eigenvalue weighted by Crippen LogP contribution is 2.59. The second kappa shape index (κ2) is 5.69. The van der Waals surface area contributed by atoms with Gasteiger partial charge in [-0.2, -0.15) is 0 Å². The van der Waals surface area contributed by atoms with E-state index in [4.69, 9.17) is 0 Å². The van der Waals surface area contributed by atoms with Crippen LogP contribution in [0.1, 0.15) is 31.2 Å². The molecule has 3 aliphatic rings. The quantitative estimate of drug-likeness (QED) is 0.930. The van der Waals surface area contributed by atoms with Crippen molar-refractivity contribution in [2.24, 2.45) is 17.3 Å². The molecule has 1 aliphatic carbocycles. The smallest absolute Gasteiger partial charge is 0.226 e. The van der Waals surface area contributed by atoms with Crippen LogP contribution in [0.3, 0.4) is 0 Å². The number of piperidine rings is 1. The molecule has 0 aromatic heterocycles. The van der Waals surface area contributed by atoms with Crippen molar-refractivity contribution in [3.63, 3.8) is 0 Å². The number of carbonyl (C=O) groups is 1. The highest BCUT2D eigenvalue weighted by Gasteiger charge is 2.58. The highest BCUT2D eigenvalue weighted by atomic mass is 16.2. The van der Waals surface area contributed by atoms with Crippen LogP contribution in [0.5, 0.6) is 0 Å². The summed E-state index contributed by atoms with van der Waals surface area (Å²) in [6.07, 6.45) is 5.83. The fourth-order valence-electron chi connectivity index (χ4n) is 4.54. The summed E-state index contributed by atoms with van der Waals surface area (Å²) in [5, 5.41) is 3.42. The lowest BCUT2D eigenvalue weighted by atomic mass is 9.91. The molecule has 3 fully saturated rings. The topological polar surface area (TPSA) is 32.3 Å². The Bertz CT molecular complexity index is 536. The molecule has 1 amide bonds. The minimum atomic E-state index is 0.338. The van der Waals surface area contributed by atoms with Crippen molar-refractivity contribution in [2.75, 3.05) is 26.2 Å². The minimum Gasteiger partial charge on any atom is -0.342 e. The van der Waals surface area contributed by atoms with E-state index in [-0.39, 0.29) is 0 Å². The van der Waals surface area contributed by atoms with Gasteiger partial charge in [0.2, 0.25) is 5.91 Å². The van der Waals surface area contributed by atoms with E-state index in [0.717, 1.165) is 39.0 Å². The lowest BCUT2D eigenvalue weighted by Crippen LogP contribution is -2.35. The van der Waals surface area contributed by atoms with Gasteiger partial charge in [-0.3, -0.25) is 4.79 Å². The Balaban J connectivity index is 1.32.